The van der Waals surface area contributed by atoms with Crippen molar-refractivity contribution in [2.24, 2.45) is 0 Å². The number of aryl methyl sites for hydroxylation is 1. The highest BCUT2D eigenvalue weighted by atomic mass is 35.5. The van der Waals surface area contributed by atoms with Gasteiger partial charge in [0.05, 0.1) is 34.9 Å². The van der Waals surface area contributed by atoms with Crippen LogP contribution in [0, 0.1) is 13.8 Å². The van der Waals surface area contributed by atoms with Crippen molar-refractivity contribution in [2.45, 2.75) is 27.4 Å². The predicted molar refractivity (Wildman–Crippen MR) is 137 cm³/mol. The van der Waals surface area contributed by atoms with E-state index < -0.39 is 5.97 Å². The summed E-state index contributed by atoms with van der Waals surface area (Å²) < 4.78 is 10.0. The van der Waals surface area contributed by atoms with Crippen LogP contribution >= 0.6 is 11.6 Å². The summed E-state index contributed by atoms with van der Waals surface area (Å²) in [4.78, 5) is 29.4. The number of nitrogens with one attached hydrogen (secondary N) is 1. The van der Waals surface area contributed by atoms with Crippen LogP contribution in [0.15, 0.2) is 55.0 Å². The number of anilines is 1. The maximum absolute atomic E-state index is 12.9. The largest absolute Gasteiger partial charge is 0.462 e. The Morgan fingerprint density at radius 3 is 2.73 bits per heavy atom. The van der Waals surface area contributed by atoms with E-state index in [4.69, 9.17) is 16.3 Å². The molecule has 0 spiro atoms. The number of aromatic nitrogens is 7. The molecule has 0 aliphatic rings. The number of fused-ring (bicyclic) bond motifs is 1. The van der Waals surface area contributed by atoms with Gasteiger partial charge in [-0.15, -0.1) is 0 Å². The number of esters is 1. The molecule has 0 saturated heterocycles. The zero-order valence-electron chi connectivity index (χ0n) is 20.3. The summed E-state index contributed by atoms with van der Waals surface area (Å²) in [7, 11) is 0. The van der Waals surface area contributed by atoms with Crippen LogP contribution in [0.5, 0.6) is 0 Å². The van der Waals surface area contributed by atoms with Crippen LogP contribution in [-0.4, -0.2) is 52.6 Å². The number of nitrogens with zero attached hydrogens (tertiary/aromatic N) is 7. The minimum absolute atomic E-state index is 0.257. The Labute approximate surface area is 216 Å². The molecule has 188 valence electrons. The molecule has 0 radical (unpaired) electrons. The first-order valence-corrected chi connectivity index (χ1v) is 11.9. The third kappa shape index (κ3) is 4.68. The van der Waals surface area contributed by atoms with E-state index >= 15 is 0 Å². The van der Waals surface area contributed by atoms with E-state index in [1.54, 1.807) is 51.4 Å². The zero-order valence-corrected chi connectivity index (χ0v) is 21.1. The molecule has 0 unspecified atom stereocenters. The van der Waals surface area contributed by atoms with Crippen molar-refractivity contribution < 1.29 is 14.3 Å². The zero-order chi connectivity index (χ0) is 26.1. The van der Waals surface area contributed by atoms with Crippen LogP contribution in [0.4, 0.5) is 5.69 Å². The number of amides is 1. The van der Waals surface area contributed by atoms with E-state index in [0.29, 0.717) is 28.7 Å². The van der Waals surface area contributed by atoms with Crippen molar-refractivity contribution >= 4 is 34.8 Å². The number of rotatable bonds is 7. The van der Waals surface area contributed by atoms with Crippen LogP contribution in [0.1, 0.15) is 39.2 Å². The fourth-order valence-corrected chi connectivity index (χ4v) is 4.06. The van der Waals surface area contributed by atoms with E-state index in [1.165, 1.54) is 6.20 Å². The second-order valence-corrected chi connectivity index (χ2v) is 8.62. The molecule has 5 rings (SSSR count). The van der Waals surface area contributed by atoms with Gasteiger partial charge in [-0.1, -0.05) is 23.7 Å². The van der Waals surface area contributed by atoms with E-state index in [2.05, 4.69) is 25.6 Å². The molecule has 11 nitrogen and oxygen atoms in total. The Bertz CT molecular complexity index is 1630. The fraction of sp³-hybridized carbons (Fsp3) is 0.200. The lowest BCUT2D eigenvalue weighted by Crippen LogP contribution is -2.15. The Hall–Kier alpha value is -4.51. The van der Waals surface area contributed by atoms with Crippen molar-refractivity contribution in [2.75, 3.05) is 11.9 Å². The molecule has 37 heavy (non-hydrogen) atoms. The van der Waals surface area contributed by atoms with E-state index in [0.717, 1.165) is 17.0 Å². The molecule has 0 saturated carbocycles. The van der Waals surface area contributed by atoms with Crippen LogP contribution in [0.2, 0.25) is 5.02 Å². The van der Waals surface area contributed by atoms with Crippen molar-refractivity contribution in [3.63, 3.8) is 0 Å². The second kappa shape index (κ2) is 9.86. The lowest BCUT2D eigenvalue weighted by molar-refractivity contribution is 0.0528. The summed E-state index contributed by atoms with van der Waals surface area (Å²) in [6, 6.07) is 10.7. The van der Waals surface area contributed by atoms with E-state index in [-0.39, 0.29) is 23.8 Å². The number of carbonyl (C=O) groups is 2. The van der Waals surface area contributed by atoms with Gasteiger partial charge in [0.25, 0.3) is 5.91 Å². The second-order valence-electron chi connectivity index (χ2n) is 8.25. The number of hydrogen-bond donors (Lipinski definition) is 1. The number of ether oxygens (including phenoxy) is 1. The van der Waals surface area contributed by atoms with Crippen molar-refractivity contribution in [3.05, 3.63) is 82.7 Å². The normalized spacial score (nSPS) is 11.1. The van der Waals surface area contributed by atoms with Crippen LogP contribution < -0.4 is 5.32 Å². The van der Waals surface area contributed by atoms with Crippen LogP contribution in [0.3, 0.4) is 0 Å². The molecule has 0 atom stereocenters. The molecule has 0 bridgehead atoms. The van der Waals surface area contributed by atoms with Crippen molar-refractivity contribution in [1.29, 1.82) is 0 Å². The molecule has 1 amide bonds. The average Bonchev–Trinajstić information content (AvgIpc) is 3.60. The highest BCUT2D eigenvalue weighted by Gasteiger charge is 2.18. The molecule has 4 aromatic heterocycles. The van der Waals surface area contributed by atoms with E-state index in [9.17, 15) is 9.59 Å². The summed E-state index contributed by atoms with van der Waals surface area (Å²) in [5.41, 5.74) is 4.55. The van der Waals surface area contributed by atoms with Gasteiger partial charge in [0, 0.05) is 23.6 Å². The number of carbonyl (C=O) groups excluding carboxylic acids is 2. The lowest BCUT2D eigenvalue weighted by Gasteiger charge is -2.08. The summed E-state index contributed by atoms with van der Waals surface area (Å²) in [5, 5.41) is 16.6. The van der Waals surface area contributed by atoms with Gasteiger partial charge >= 0.3 is 5.97 Å². The van der Waals surface area contributed by atoms with Crippen LogP contribution in [-0.2, 0) is 11.4 Å². The third-order valence-electron chi connectivity index (χ3n) is 5.76. The van der Waals surface area contributed by atoms with Gasteiger partial charge < -0.3 is 10.1 Å². The predicted octanol–water partition coefficient (Wildman–Crippen LogP) is 3.99. The maximum Gasteiger partial charge on any atom is 0.343 e. The SMILES string of the molecule is CCOC(=O)c1cnn2c(-c3cccc(NC(=O)c4ccn(Cn5nc(C)c(Cl)c5C)n4)c3)ccnc12. The van der Waals surface area contributed by atoms with Gasteiger partial charge in [-0.05, 0) is 45.0 Å². The molecule has 0 aliphatic carbocycles. The Morgan fingerprint density at radius 1 is 1.14 bits per heavy atom. The molecule has 1 aromatic carbocycles. The molecule has 5 aromatic rings. The van der Waals surface area contributed by atoms with Crippen LogP contribution in [0.25, 0.3) is 16.9 Å². The number of benzene rings is 1. The van der Waals surface area contributed by atoms with Gasteiger partial charge in [0.15, 0.2) is 11.3 Å². The maximum atomic E-state index is 12.9. The quantitative estimate of drug-likeness (QED) is 0.323. The molecular formula is C25H23ClN8O3. The topological polar surface area (TPSA) is 121 Å². The molecular weight excluding hydrogens is 496 g/mol. The summed E-state index contributed by atoms with van der Waals surface area (Å²) in [6.07, 6.45) is 4.75. The fourth-order valence-electron chi connectivity index (χ4n) is 3.93. The van der Waals surface area contributed by atoms with Crippen molar-refractivity contribution in [3.8, 4) is 11.3 Å². The highest BCUT2D eigenvalue weighted by molar-refractivity contribution is 6.31. The van der Waals surface area contributed by atoms with Gasteiger partial charge in [-0.2, -0.15) is 15.3 Å². The minimum atomic E-state index is -0.483. The van der Waals surface area contributed by atoms with E-state index in [1.807, 2.05) is 32.0 Å². The third-order valence-corrected chi connectivity index (χ3v) is 6.31. The summed E-state index contributed by atoms with van der Waals surface area (Å²) >= 11 is 6.22. The molecule has 4 heterocycles. The average molecular weight is 519 g/mol. The number of halogens is 1. The van der Waals surface area contributed by atoms with Gasteiger partial charge in [-0.3, -0.25) is 9.48 Å². The molecule has 1 N–H and O–H groups in total. The number of hydrogen-bond acceptors (Lipinski definition) is 7. The Morgan fingerprint density at radius 2 is 1.97 bits per heavy atom. The molecule has 12 heteroatoms. The summed E-state index contributed by atoms with van der Waals surface area (Å²) in [6.45, 7) is 6.04. The smallest absolute Gasteiger partial charge is 0.343 e. The Kier molecular flexibility index (Phi) is 6.45. The summed E-state index contributed by atoms with van der Waals surface area (Å²) in [5.74, 6) is -0.839. The standard InChI is InChI=1S/C25H23ClN8O3/c1-4-37-25(36)19-13-28-34-21(8-10-27-23(19)34)17-6-5-7-18(12-17)29-24(35)20-9-11-32(31-20)14-33-16(3)22(26)15(2)30-33/h5-13H,4,14H2,1-3H3,(H,29,35). The monoisotopic (exact) mass is 518 g/mol. The lowest BCUT2D eigenvalue weighted by atomic mass is 10.1. The van der Waals surface area contributed by atoms with Crippen molar-refractivity contribution in [1.82, 2.24) is 34.2 Å². The van der Waals surface area contributed by atoms with Gasteiger partial charge in [0.1, 0.15) is 12.2 Å². The molecule has 0 fully saturated rings. The van der Waals surface area contributed by atoms with Gasteiger partial charge in [-0.25, -0.2) is 19.0 Å². The first-order chi connectivity index (χ1) is 17.9. The molecule has 0 aliphatic heterocycles. The van der Waals surface area contributed by atoms with Gasteiger partial charge in [0.2, 0.25) is 0 Å². The Balaban J connectivity index is 1.35. The first kappa shape index (κ1) is 24.2. The first-order valence-electron chi connectivity index (χ1n) is 11.5. The minimum Gasteiger partial charge on any atom is -0.462 e. The highest BCUT2D eigenvalue weighted by Crippen LogP contribution is 2.24.